The fraction of sp³-hybridized carbons (Fsp3) is 0.400. The highest BCUT2D eigenvalue weighted by Gasteiger charge is 2.11. The first-order valence-corrected chi connectivity index (χ1v) is 4.69. The lowest BCUT2D eigenvalue weighted by atomic mass is 9.96. The van der Waals surface area contributed by atoms with Crippen LogP contribution in [0.2, 0.25) is 0 Å². The molecule has 13 heavy (non-hydrogen) atoms. The lowest BCUT2D eigenvalue weighted by Gasteiger charge is -2.18. The molecule has 0 radical (unpaired) electrons. The van der Waals surface area contributed by atoms with E-state index in [9.17, 15) is 0 Å². The molecule has 72 valence electrons. The predicted molar refractivity (Wildman–Crippen MR) is 60.1 cm³/mol. The second kappa shape index (κ2) is 3.60. The highest BCUT2D eigenvalue weighted by Crippen LogP contribution is 2.20. The number of thiol groups is 1. The van der Waals surface area contributed by atoms with Crippen molar-refractivity contribution in [3.63, 3.8) is 0 Å². The lowest BCUT2D eigenvalue weighted by molar-refractivity contribution is 0.516. The Kier molecular flexibility index (Phi) is 2.88. The third-order valence-corrected chi connectivity index (χ3v) is 2.14. The van der Waals surface area contributed by atoms with Gasteiger partial charge in [0.1, 0.15) is 0 Å². The Morgan fingerprint density at radius 3 is 2.46 bits per heavy atom. The minimum atomic E-state index is -0.184. The fourth-order valence-corrected chi connectivity index (χ4v) is 1.47. The quantitative estimate of drug-likeness (QED) is 0.499. The van der Waals surface area contributed by atoms with Crippen molar-refractivity contribution in [3.8, 4) is 0 Å². The molecule has 0 spiro atoms. The van der Waals surface area contributed by atoms with Gasteiger partial charge in [0.05, 0.1) is 0 Å². The van der Waals surface area contributed by atoms with Gasteiger partial charge in [0.25, 0.3) is 0 Å². The highest BCUT2D eigenvalue weighted by molar-refractivity contribution is 7.80. The summed E-state index contributed by atoms with van der Waals surface area (Å²) >= 11 is 4.25. The third kappa shape index (κ3) is 3.28. The number of nitrogens with two attached hydrogens (primary N) is 2. The lowest BCUT2D eigenvalue weighted by Crippen LogP contribution is -2.34. The molecule has 0 unspecified atom stereocenters. The van der Waals surface area contributed by atoms with Crippen molar-refractivity contribution in [2.45, 2.75) is 30.7 Å². The van der Waals surface area contributed by atoms with Gasteiger partial charge in [-0.25, -0.2) is 0 Å². The van der Waals surface area contributed by atoms with Crippen LogP contribution in [0.4, 0.5) is 5.69 Å². The number of benzene rings is 1. The van der Waals surface area contributed by atoms with Crippen LogP contribution in [-0.4, -0.2) is 5.54 Å². The van der Waals surface area contributed by atoms with E-state index in [2.05, 4.69) is 12.6 Å². The minimum Gasteiger partial charge on any atom is -0.398 e. The maximum absolute atomic E-state index is 5.90. The van der Waals surface area contributed by atoms with E-state index in [0.717, 1.165) is 11.3 Å². The van der Waals surface area contributed by atoms with E-state index in [1.807, 2.05) is 32.0 Å². The Morgan fingerprint density at radius 2 is 2.00 bits per heavy atom. The summed E-state index contributed by atoms with van der Waals surface area (Å²) in [5, 5.41) is 0. The molecule has 2 nitrogen and oxygen atoms in total. The van der Waals surface area contributed by atoms with Crippen LogP contribution in [0, 0.1) is 0 Å². The molecule has 0 fully saturated rings. The van der Waals surface area contributed by atoms with Gasteiger partial charge in [-0.2, -0.15) is 0 Å². The number of hydrogen-bond acceptors (Lipinski definition) is 3. The zero-order valence-electron chi connectivity index (χ0n) is 8.04. The number of hydrogen-bond donors (Lipinski definition) is 3. The van der Waals surface area contributed by atoms with E-state index in [1.54, 1.807) is 0 Å². The molecule has 0 heterocycles. The third-order valence-electron chi connectivity index (χ3n) is 1.75. The van der Waals surface area contributed by atoms with Gasteiger partial charge in [-0.05, 0) is 38.0 Å². The van der Waals surface area contributed by atoms with Crippen LogP contribution in [0.25, 0.3) is 0 Å². The zero-order chi connectivity index (χ0) is 10.1. The van der Waals surface area contributed by atoms with Gasteiger partial charge in [0, 0.05) is 16.1 Å². The molecule has 0 amide bonds. The summed E-state index contributed by atoms with van der Waals surface area (Å²) in [5.41, 5.74) is 13.2. The molecule has 4 N–H and O–H groups in total. The molecule has 1 rings (SSSR count). The maximum atomic E-state index is 5.90. The van der Waals surface area contributed by atoms with Crippen LogP contribution < -0.4 is 11.5 Å². The molecule has 0 aliphatic rings. The summed E-state index contributed by atoms with van der Waals surface area (Å²) in [5.74, 6) is 0. The first-order valence-electron chi connectivity index (χ1n) is 4.25. The van der Waals surface area contributed by atoms with Crippen molar-refractivity contribution >= 4 is 18.3 Å². The van der Waals surface area contributed by atoms with Gasteiger partial charge >= 0.3 is 0 Å². The topological polar surface area (TPSA) is 52.0 Å². The Labute approximate surface area is 84.7 Å². The van der Waals surface area contributed by atoms with Crippen LogP contribution in [-0.2, 0) is 6.42 Å². The van der Waals surface area contributed by atoms with Gasteiger partial charge in [0.15, 0.2) is 0 Å². The Morgan fingerprint density at radius 1 is 1.38 bits per heavy atom. The normalized spacial score (nSPS) is 11.7. The fourth-order valence-electron chi connectivity index (χ4n) is 1.23. The minimum absolute atomic E-state index is 0.184. The molecular weight excluding hydrogens is 180 g/mol. The van der Waals surface area contributed by atoms with Crippen molar-refractivity contribution in [2.75, 3.05) is 5.73 Å². The summed E-state index contributed by atoms with van der Waals surface area (Å²) in [7, 11) is 0. The molecule has 3 heteroatoms. The van der Waals surface area contributed by atoms with Crippen LogP contribution in [0.1, 0.15) is 19.4 Å². The first kappa shape index (κ1) is 10.4. The summed E-state index contributed by atoms with van der Waals surface area (Å²) < 4.78 is 0. The number of rotatable bonds is 2. The molecule has 0 aliphatic heterocycles. The summed E-state index contributed by atoms with van der Waals surface area (Å²) in [6.45, 7) is 4.00. The average Bonchev–Trinajstić information content (AvgIpc) is 1.94. The number of anilines is 1. The SMILES string of the molecule is CC(C)(N)Cc1ccc(N)c(S)c1. The molecular formula is C10H16N2S. The molecule has 1 aromatic rings. The second-order valence-corrected chi connectivity index (χ2v) is 4.54. The summed E-state index contributed by atoms with van der Waals surface area (Å²) in [4.78, 5) is 0.821. The van der Waals surface area contributed by atoms with Crippen LogP contribution >= 0.6 is 12.6 Å². The molecule has 0 saturated carbocycles. The van der Waals surface area contributed by atoms with Crippen LogP contribution in [0.3, 0.4) is 0 Å². The van der Waals surface area contributed by atoms with E-state index in [-0.39, 0.29) is 5.54 Å². The Hall–Kier alpha value is -0.670. The second-order valence-electron chi connectivity index (χ2n) is 4.06. The largest absolute Gasteiger partial charge is 0.398 e. The Balaban J connectivity index is 2.86. The van der Waals surface area contributed by atoms with Gasteiger partial charge in [-0.1, -0.05) is 6.07 Å². The van der Waals surface area contributed by atoms with Crippen molar-refractivity contribution in [1.29, 1.82) is 0 Å². The van der Waals surface area contributed by atoms with Gasteiger partial charge in [0.2, 0.25) is 0 Å². The van der Waals surface area contributed by atoms with Crippen molar-refractivity contribution in [1.82, 2.24) is 0 Å². The molecule has 1 aromatic carbocycles. The Bertz CT molecular complexity index is 302. The monoisotopic (exact) mass is 196 g/mol. The van der Waals surface area contributed by atoms with Crippen molar-refractivity contribution < 1.29 is 0 Å². The molecule has 0 aliphatic carbocycles. The molecule has 0 bridgehead atoms. The van der Waals surface area contributed by atoms with E-state index < -0.39 is 0 Å². The zero-order valence-corrected chi connectivity index (χ0v) is 8.94. The van der Waals surface area contributed by atoms with Crippen molar-refractivity contribution in [2.24, 2.45) is 5.73 Å². The van der Waals surface area contributed by atoms with Crippen LogP contribution in [0.15, 0.2) is 23.1 Å². The number of nitrogen functional groups attached to an aromatic ring is 1. The molecule has 0 saturated heterocycles. The molecule has 0 aromatic heterocycles. The van der Waals surface area contributed by atoms with Gasteiger partial charge in [-0.3, -0.25) is 0 Å². The molecule has 0 atom stereocenters. The average molecular weight is 196 g/mol. The smallest absolute Gasteiger partial charge is 0.0449 e. The van der Waals surface area contributed by atoms with E-state index in [0.29, 0.717) is 5.69 Å². The van der Waals surface area contributed by atoms with Gasteiger partial charge in [-0.15, -0.1) is 12.6 Å². The summed E-state index contributed by atoms with van der Waals surface area (Å²) in [6, 6.07) is 5.82. The standard InChI is InChI=1S/C10H16N2S/c1-10(2,12)6-7-3-4-8(11)9(13)5-7/h3-5,13H,6,11-12H2,1-2H3. The highest BCUT2D eigenvalue weighted by atomic mass is 32.1. The van der Waals surface area contributed by atoms with Crippen LogP contribution in [0.5, 0.6) is 0 Å². The van der Waals surface area contributed by atoms with E-state index in [4.69, 9.17) is 11.5 Å². The maximum Gasteiger partial charge on any atom is 0.0449 e. The predicted octanol–water partition coefficient (Wildman–Crippen LogP) is 1.84. The van der Waals surface area contributed by atoms with E-state index in [1.165, 1.54) is 5.56 Å². The summed E-state index contributed by atoms with van der Waals surface area (Å²) in [6.07, 6.45) is 0.834. The first-order chi connectivity index (χ1) is 5.88. The van der Waals surface area contributed by atoms with Crippen molar-refractivity contribution in [3.05, 3.63) is 23.8 Å². The van der Waals surface area contributed by atoms with E-state index >= 15 is 0 Å². The van der Waals surface area contributed by atoms with Gasteiger partial charge < -0.3 is 11.5 Å².